The van der Waals surface area contributed by atoms with Gasteiger partial charge in [0.25, 0.3) is 0 Å². The van der Waals surface area contributed by atoms with Crippen LogP contribution in [0.2, 0.25) is 0 Å². The van der Waals surface area contributed by atoms with Gasteiger partial charge in [-0.25, -0.2) is 0 Å². The van der Waals surface area contributed by atoms with Crippen molar-refractivity contribution in [2.45, 2.75) is 25.3 Å². The van der Waals surface area contributed by atoms with Gasteiger partial charge in [0.1, 0.15) is 0 Å². The third kappa shape index (κ3) is 4.19. The normalized spacial score (nSPS) is 24.2. The van der Waals surface area contributed by atoms with Crippen molar-refractivity contribution in [3.05, 3.63) is 0 Å². The van der Waals surface area contributed by atoms with Crippen molar-refractivity contribution in [2.75, 3.05) is 25.1 Å². The Morgan fingerprint density at radius 3 is 2.93 bits per heavy atom. The zero-order chi connectivity index (χ0) is 10.4. The average Bonchev–Trinajstić information content (AvgIpc) is 2.18. The van der Waals surface area contributed by atoms with Crippen LogP contribution in [0.4, 0.5) is 0 Å². The van der Waals surface area contributed by atoms with Gasteiger partial charge in [-0.15, -0.1) is 0 Å². The van der Waals surface area contributed by atoms with Gasteiger partial charge in [-0.1, -0.05) is 6.42 Å². The summed E-state index contributed by atoms with van der Waals surface area (Å²) in [5.74, 6) is 0.591. The first-order chi connectivity index (χ1) is 6.70. The Labute approximate surface area is 87.3 Å². The number of amides is 1. The second-order valence-electron chi connectivity index (χ2n) is 3.57. The van der Waals surface area contributed by atoms with E-state index in [1.54, 1.807) is 6.26 Å². The van der Waals surface area contributed by atoms with Gasteiger partial charge in [0.05, 0.1) is 6.04 Å². The number of carbonyl (C=O) groups excluding carboxylic acids is 1. The van der Waals surface area contributed by atoms with Crippen molar-refractivity contribution < 1.29 is 9.00 Å². The van der Waals surface area contributed by atoms with E-state index in [1.165, 1.54) is 0 Å². The van der Waals surface area contributed by atoms with Crippen LogP contribution in [-0.4, -0.2) is 41.3 Å². The maximum absolute atomic E-state index is 11.5. The molecule has 14 heavy (non-hydrogen) atoms. The molecule has 1 unspecified atom stereocenters. The van der Waals surface area contributed by atoms with Crippen LogP contribution in [0, 0.1) is 0 Å². The lowest BCUT2D eigenvalue weighted by atomic mass is 10.0. The second-order valence-corrected chi connectivity index (χ2v) is 5.13. The molecule has 1 rings (SSSR count). The number of rotatable bonds is 4. The fraction of sp³-hybridized carbons (Fsp3) is 0.889. The van der Waals surface area contributed by atoms with Crippen LogP contribution in [0.15, 0.2) is 0 Å². The molecule has 1 saturated heterocycles. The van der Waals surface area contributed by atoms with Crippen LogP contribution in [0.25, 0.3) is 0 Å². The van der Waals surface area contributed by atoms with Crippen molar-refractivity contribution in [2.24, 2.45) is 0 Å². The highest BCUT2D eigenvalue weighted by Gasteiger charge is 2.19. The minimum absolute atomic E-state index is 0.0333. The molecule has 0 aliphatic carbocycles. The van der Waals surface area contributed by atoms with Gasteiger partial charge < -0.3 is 10.6 Å². The SMILES string of the molecule is CS(=O)CCNC(=O)[C@@H]1CCCCN1. The molecular weight excluding hydrogens is 200 g/mol. The molecule has 0 spiro atoms. The zero-order valence-electron chi connectivity index (χ0n) is 8.54. The summed E-state index contributed by atoms with van der Waals surface area (Å²) in [6, 6.07) is -0.0333. The van der Waals surface area contributed by atoms with Crippen LogP contribution in [0.5, 0.6) is 0 Å². The molecule has 0 aromatic heterocycles. The summed E-state index contributed by atoms with van der Waals surface area (Å²) in [6.07, 6.45) is 4.83. The fourth-order valence-corrected chi connectivity index (χ4v) is 1.91. The average molecular weight is 218 g/mol. The highest BCUT2D eigenvalue weighted by atomic mass is 32.2. The lowest BCUT2D eigenvalue weighted by Gasteiger charge is -2.22. The van der Waals surface area contributed by atoms with Crippen LogP contribution in [-0.2, 0) is 15.6 Å². The molecule has 1 aliphatic rings. The Kier molecular flexibility index (Phi) is 5.11. The smallest absolute Gasteiger partial charge is 0.237 e. The summed E-state index contributed by atoms with van der Waals surface area (Å²) in [7, 11) is -0.822. The Bertz CT molecular complexity index is 215. The van der Waals surface area contributed by atoms with Crippen LogP contribution >= 0.6 is 0 Å². The van der Waals surface area contributed by atoms with Gasteiger partial charge >= 0.3 is 0 Å². The van der Waals surface area contributed by atoms with Crippen LogP contribution in [0.3, 0.4) is 0 Å². The molecule has 1 amide bonds. The topological polar surface area (TPSA) is 58.2 Å². The summed E-state index contributed by atoms with van der Waals surface area (Å²) < 4.78 is 10.7. The van der Waals surface area contributed by atoms with E-state index in [2.05, 4.69) is 10.6 Å². The Hall–Kier alpha value is -0.420. The largest absolute Gasteiger partial charge is 0.354 e. The highest BCUT2D eigenvalue weighted by molar-refractivity contribution is 7.84. The molecule has 0 aromatic carbocycles. The molecule has 0 bridgehead atoms. The van der Waals surface area contributed by atoms with Crippen molar-refractivity contribution >= 4 is 16.7 Å². The van der Waals surface area contributed by atoms with Gasteiger partial charge in [-0.3, -0.25) is 9.00 Å². The first-order valence-electron chi connectivity index (χ1n) is 5.01. The molecule has 0 aromatic rings. The van der Waals surface area contributed by atoms with Crippen LogP contribution < -0.4 is 10.6 Å². The maximum Gasteiger partial charge on any atom is 0.237 e. The summed E-state index contributed by atoms with van der Waals surface area (Å²) in [5.41, 5.74) is 0. The molecule has 1 fully saturated rings. The minimum atomic E-state index is -0.822. The van der Waals surface area contributed by atoms with Gasteiger partial charge in [0, 0.05) is 29.4 Å². The Morgan fingerprint density at radius 2 is 2.36 bits per heavy atom. The number of hydrogen-bond donors (Lipinski definition) is 2. The third-order valence-electron chi connectivity index (χ3n) is 2.32. The van der Waals surface area contributed by atoms with E-state index in [9.17, 15) is 9.00 Å². The molecule has 2 atom stereocenters. The third-order valence-corrected chi connectivity index (χ3v) is 3.09. The highest BCUT2D eigenvalue weighted by Crippen LogP contribution is 2.06. The summed E-state index contributed by atoms with van der Waals surface area (Å²) in [4.78, 5) is 11.5. The van der Waals surface area contributed by atoms with Crippen LogP contribution in [0.1, 0.15) is 19.3 Å². The molecule has 1 aliphatic heterocycles. The lowest BCUT2D eigenvalue weighted by Crippen LogP contribution is -2.47. The molecular formula is C9H18N2O2S. The standard InChI is InChI=1S/C9H18N2O2S/c1-14(13)7-6-11-9(12)8-4-2-3-5-10-8/h8,10H,2-7H2,1H3,(H,11,12)/t8-,14?/m0/s1. The van der Waals surface area contributed by atoms with Gasteiger partial charge in [0.2, 0.25) is 5.91 Å². The van der Waals surface area contributed by atoms with E-state index in [4.69, 9.17) is 0 Å². The monoisotopic (exact) mass is 218 g/mol. The second kappa shape index (κ2) is 6.14. The summed E-state index contributed by atoms with van der Waals surface area (Å²) >= 11 is 0. The van der Waals surface area contributed by atoms with E-state index in [-0.39, 0.29) is 11.9 Å². The first-order valence-corrected chi connectivity index (χ1v) is 6.74. The van der Waals surface area contributed by atoms with Crippen molar-refractivity contribution in [3.8, 4) is 0 Å². The zero-order valence-corrected chi connectivity index (χ0v) is 9.36. The molecule has 0 saturated carbocycles. The summed E-state index contributed by atoms with van der Waals surface area (Å²) in [5, 5.41) is 5.96. The maximum atomic E-state index is 11.5. The fourth-order valence-electron chi connectivity index (χ4n) is 1.52. The van der Waals surface area contributed by atoms with Gasteiger partial charge in [0.15, 0.2) is 0 Å². The Balaban J connectivity index is 2.16. The predicted octanol–water partition coefficient (Wildman–Crippen LogP) is -0.377. The van der Waals surface area contributed by atoms with E-state index < -0.39 is 10.8 Å². The Morgan fingerprint density at radius 1 is 1.57 bits per heavy atom. The molecule has 82 valence electrons. The predicted molar refractivity (Wildman–Crippen MR) is 57.6 cm³/mol. The number of nitrogens with one attached hydrogen (secondary N) is 2. The number of hydrogen-bond acceptors (Lipinski definition) is 3. The molecule has 4 nitrogen and oxygen atoms in total. The van der Waals surface area contributed by atoms with Gasteiger partial charge in [-0.2, -0.15) is 0 Å². The lowest BCUT2D eigenvalue weighted by molar-refractivity contribution is -0.123. The molecule has 0 radical (unpaired) electrons. The molecule has 5 heteroatoms. The summed E-state index contributed by atoms with van der Waals surface area (Å²) in [6.45, 7) is 1.44. The van der Waals surface area contributed by atoms with E-state index >= 15 is 0 Å². The molecule has 1 heterocycles. The van der Waals surface area contributed by atoms with Crippen molar-refractivity contribution in [3.63, 3.8) is 0 Å². The number of piperidine rings is 1. The van der Waals surface area contributed by atoms with E-state index in [0.29, 0.717) is 12.3 Å². The van der Waals surface area contributed by atoms with Crippen molar-refractivity contribution in [1.82, 2.24) is 10.6 Å². The minimum Gasteiger partial charge on any atom is -0.354 e. The number of carbonyl (C=O) groups is 1. The van der Waals surface area contributed by atoms with E-state index in [1.807, 2.05) is 0 Å². The molecule has 2 N–H and O–H groups in total. The van der Waals surface area contributed by atoms with Gasteiger partial charge in [-0.05, 0) is 19.4 Å². The van der Waals surface area contributed by atoms with E-state index in [0.717, 1.165) is 25.8 Å². The quantitative estimate of drug-likeness (QED) is 0.676. The van der Waals surface area contributed by atoms with Crippen molar-refractivity contribution in [1.29, 1.82) is 0 Å². The first kappa shape index (κ1) is 11.7.